The first-order valence-corrected chi connectivity index (χ1v) is 6.22. The molecule has 0 radical (unpaired) electrons. The Hall–Kier alpha value is -1.92. The van der Waals surface area contributed by atoms with Gasteiger partial charge in [-0.25, -0.2) is 0 Å². The predicted octanol–water partition coefficient (Wildman–Crippen LogP) is 0.142. The Morgan fingerprint density at radius 2 is 1.80 bits per heavy atom. The molecular formula is C14H20N2O4. The summed E-state index contributed by atoms with van der Waals surface area (Å²) in [5.74, 6) is -0.656. The molecule has 0 spiro atoms. The third-order valence-electron chi connectivity index (χ3n) is 3.10. The maximum Gasteiger partial charge on any atom is 0.253 e. The largest absolute Gasteiger partial charge is 0.394 e. The van der Waals surface area contributed by atoms with Crippen LogP contribution in [0.5, 0.6) is 0 Å². The van der Waals surface area contributed by atoms with Gasteiger partial charge in [0, 0.05) is 14.0 Å². The smallest absolute Gasteiger partial charge is 0.253 e. The monoisotopic (exact) mass is 280 g/mol. The first-order valence-electron chi connectivity index (χ1n) is 6.22. The van der Waals surface area contributed by atoms with Gasteiger partial charge in [-0.1, -0.05) is 12.1 Å². The van der Waals surface area contributed by atoms with Gasteiger partial charge in [0.15, 0.2) is 0 Å². The van der Waals surface area contributed by atoms with Gasteiger partial charge in [-0.3, -0.25) is 9.59 Å². The summed E-state index contributed by atoms with van der Waals surface area (Å²) in [7, 11) is 1.58. The summed E-state index contributed by atoms with van der Waals surface area (Å²) in [6.07, 6.45) is 0. The predicted molar refractivity (Wildman–Crippen MR) is 75.6 cm³/mol. The van der Waals surface area contributed by atoms with Crippen molar-refractivity contribution in [3.8, 4) is 0 Å². The number of para-hydroxylation sites is 1. The van der Waals surface area contributed by atoms with Crippen molar-refractivity contribution in [3.05, 3.63) is 29.8 Å². The van der Waals surface area contributed by atoms with Gasteiger partial charge in [0.2, 0.25) is 5.91 Å². The first kappa shape index (κ1) is 16.1. The number of nitrogens with one attached hydrogen (secondary N) is 1. The first-order chi connectivity index (χ1) is 9.34. The Kier molecular flexibility index (Phi) is 5.24. The second kappa shape index (κ2) is 6.49. The number of anilines is 1. The van der Waals surface area contributed by atoms with Gasteiger partial charge >= 0.3 is 0 Å². The lowest BCUT2D eigenvalue weighted by molar-refractivity contribution is -0.116. The number of amides is 2. The topological polar surface area (TPSA) is 89.9 Å². The standard InChI is InChI=1S/C14H20N2O4/c1-10(19)16(3)12-7-5-4-6-11(12)13(20)15-14(2,8-17)9-18/h4-7,17-18H,8-9H2,1-3H3,(H,15,20). The molecule has 20 heavy (non-hydrogen) atoms. The van der Waals surface area contributed by atoms with E-state index < -0.39 is 11.4 Å². The van der Waals surface area contributed by atoms with Gasteiger partial charge in [-0.05, 0) is 19.1 Å². The molecule has 0 bridgehead atoms. The second-order valence-corrected chi connectivity index (χ2v) is 4.93. The summed E-state index contributed by atoms with van der Waals surface area (Å²) in [5, 5.41) is 21.0. The van der Waals surface area contributed by atoms with E-state index in [-0.39, 0.29) is 19.1 Å². The minimum Gasteiger partial charge on any atom is -0.394 e. The molecule has 1 aromatic carbocycles. The van der Waals surface area contributed by atoms with Crippen LogP contribution in [0.2, 0.25) is 0 Å². The lowest BCUT2D eigenvalue weighted by atomic mass is 10.0. The van der Waals surface area contributed by atoms with Crippen LogP contribution in [0.3, 0.4) is 0 Å². The van der Waals surface area contributed by atoms with Crippen molar-refractivity contribution >= 4 is 17.5 Å². The quantitative estimate of drug-likeness (QED) is 0.716. The van der Waals surface area contributed by atoms with Crippen LogP contribution in [-0.4, -0.2) is 47.8 Å². The molecule has 0 saturated heterocycles. The number of nitrogens with zero attached hydrogens (tertiary/aromatic N) is 1. The lowest BCUT2D eigenvalue weighted by Gasteiger charge is -2.27. The molecule has 2 amide bonds. The molecule has 0 atom stereocenters. The van der Waals surface area contributed by atoms with Crippen molar-refractivity contribution in [1.29, 1.82) is 0 Å². The Balaban J connectivity index is 3.08. The number of aliphatic hydroxyl groups excluding tert-OH is 2. The molecule has 0 aliphatic rings. The fraction of sp³-hybridized carbons (Fsp3) is 0.429. The Labute approximate surface area is 118 Å². The molecule has 3 N–H and O–H groups in total. The number of carbonyl (C=O) groups excluding carboxylic acids is 2. The van der Waals surface area contributed by atoms with Crippen LogP contribution >= 0.6 is 0 Å². The van der Waals surface area contributed by atoms with E-state index in [2.05, 4.69) is 5.32 Å². The second-order valence-electron chi connectivity index (χ2n) is 4.93. The van der Waals surface area contributed by atoms with Crippen molar-refractivity contribution in [2.75, 3.05) is 25.2 Å². The van der Waals surface area contributed by atoms with E-state index in [0.717, 1.165) is 0 Å². The number of benzene rings is 1. The van der Waals surface area contributed by atoms with Crippen molar-refractivity contribution < 1.29 is 19.8 Å². The molecule has 1 aromatic rings. The third kappa shape index (κ3) is 3.55. The normalized spacial score (nSPS) is 11.1. The van der Waals surface area contributed by atoms with Crippen molar-refractivity contribution in [1.82, 2.24) is 5.32 Å². The number of carbonyl (C=O) groups is 2. The summed E-state index contributed by atoms with van der Waals surface area (Å²) < 4.78 is 0. The molecule has 1 rings (SSSR count). The molecular weight excluding hydrogens is 260 g/mol. The summed E-state index contributed by atoms with van der Waals surface area (Å²) in [5.41, 5.74) is -0.340. The minimum atomic E-state index is -1.11. The zero-order chi connectivity index (χ0) is 15.3. The molecule has 0 fully saturated rings. The van der Waals surface area contributed by atoms with Crippen molar-refractivity contribution in [3.63, 3.8) is 0 Å². The van der Waals surface area contributed by atoms with Gasteiger partial charge in [-0.2, -0.15) is 0 Å². The maximum atomic E-state index is 12.3. The minimum absolute atomic E-state index is 0.197. The Morgan fingerprint density at radius 1 is 1.25 bits per heavy atom. The summed E-state index contributed by atoms with van der Waals surface area (Å²) in [6.45, 7) is 2.16. The van der Waals surface area contributed by atoms with Crippen LogP contribution in [0, 0.1) is 0 Å². The highest BCUT2D eigenvalue weighted by atomic mass is 16.3. The van der Waals surface area contributed by atoms with Crippen LogP contribution in [0.1, 0.15) is 24.2 Å². The molecule has 0 heterocycles. The number of rotatable bonds is 5. The average Bonchev–Trinajstić information content (AvgIpc) is 2.46. The van der Waals surface area contributed by atoms with Crippen LogP contribution in [-0.2, 0) is 4.79 Å². The SMILES string of the molecule is CC(=O)N(C)c1ccccc1C(=O)NC(C)(CO)CO. The van der Waals surface area contributed by atoms with Crippen LogP contribution in [0.4, 0.5) is 5.69 Å². The van der Waals surface area contributed by atoms with E-state index in [4.69, 9.17) is 0 Å². The van der Waals surface area contributed by atoms with E-state index in [1.54, 1.807) is 31.3 Å². The van der Waals surface area contributed by atoms with Crippen molar-refractivity contribution in [2.24, 2.45) is 0 Å². The highest BCUT2D eigenvalue weighted by Gasteiger charge is 2.26. The van der Waals surface area contributed by atoms with Gasteiger partial charge < -0.3 is 20.4 Å². The van der Waals surface area contributed by atoms with Gasteiger partial charge in [-0.15, -0.1) is 0 Å². The highest BCUT2D eigenvalue weighted by Crippen LogP contribution is 2.20. The molecule has 0 aliphatic carbocycles. The number of aliphatic hydroxyl groups is 2. The lowest BCUT2D eigenvalue weighted by Crippen LogP contribution is -2.52. The van der Waals surface area contributed by atoms with E-state index in [0.29, 0.717) is 11.3 Å². The van der Waals surface area contributed by atoms with E-state index in [1.165, 1.54) is 18.7 Å². The fourth-order valence-corrected chi connectivity index (χ4v) is 1.60. The molecule has 0 saturated carbocycles. The van der Waals surface area contributed by atoms with Gasteiger partial charge in [0.1, 0.15) is 0 Å². The van der Waals surface area contributed by atoms with Crippen LogP contribution in [0.25, 0.3) is 0 Å². The highest BCUT2D eigenvalue weighted by molar-refractivity contribution is 6.04. The number of hydrogen-bond acceptors (Lipinski definition) is 4. The summed E-state index contributed by atoms with van der Waals surface area (Å²) in [6, 6.07) is 6.65. The average molecular weight is 280 g/mol. The molecule has 0 unspecified atom stereocenters. The van der Waals surface area contributed by atoms with Crippen LogP contribution in [0.15, 0.2) is 24.3 Å². The molecule has 6 heteroatoms. The van der Waals surface area contributed by atoms with E-state index >= 15 is 0 Å². The van der Waals surface area contributed by atoms with E-state index in [9.17, 15) is 19.8 Å². The molecule has 110 valence electrons. The molecule has 6 nitrogen and oxygen atoms in total. The fourth-order valence-electron chi connectivity index (χ4n) is 1.60. The zero-order valence-corrected chi connectivity index (χ0v) is 11.9. The van der Waals surface area contributed by atoms with Crippen molar-refractivity contribution in [2.45, 2.75) is 19.4 Å². The third-order valence-corrected chi connectivity index (χ3v) is 3.10. The maximum absolute atomic E-state index is 12.3. The van der Waals surface area contributed by atoms with Gasteiger partial charge in [0.05, 0.1) is 30.0 Å². The summed E-state index contributed by atoms with van der Waals surface area (Å²) >= 11 is 0. The summed E-state index contributed by atoms with van der Waals surface area (Å²) in [4.78, 5) is 25.1. The Bertz CT molecular complexity index is 498. The zero-order valence-electron chi connectivity index (χ0n) is 11.9. The van der Waals surface area contributed by atoms with Gasteiger partial charge in [0.25, 0.3) is 5.91 Å². The number of hydrogen-bond donors (Lipinski definition) is 3. The molecule has 0 aliphatic heterocycles. The van der Waals surface area contributed by atoms with Crippen LogP contribution < -0.4 is 10.2 Å². The van der Waals surface area contributed by atoms with E-state index in [1.807, 2.05) is 0 Å². The Morgan fingerprint density at radius 3 is 2.30 bits per heavy atom. The molecule has 0 aromatic heterocycles.